The minimum atomic E-state index is -4.35. The molecule has 122 valence electrons. The first-order valence-corrected chi connectivity index (χ1v) is 7.40. The Bertz CT molecular complexity index is 1010. The maximum Gasteiger partial charge on any atom is 0.416 e. The zero-order valence-corrected chi connectivity index (χ0v) is 12.4. The van der Waals surface area contributed by atoms with Gasteiger partial charge in [0.05, 0.1) is 16.8 Å². The summed E-state index contributed by atoms with van der Waals surface area (Å²) in [6.07, 6.45) is 1.82. The lowest BCUT2D eigenvalue weighted by molar-refractivity contribution is -0.137. The van der Waals surface area contributed by atoms with Gasteiger partial charge in [0.15, 0.2) is 0 Å². The molecule has 4 nitrogen and oxygen atoms in total. The third-order valence-corrected chi connectivity index (χ3v) is 4.20. The van der Waals surface area contributed by atoms with Crippen LogP contribution < -0.4 is 5.56 Å². The predicted octanol–water partition coefficient (Wildman–Crippen LogP) is 3.53. The molecule has 2 heterocycles. The molecule has 0 bridgehead atoms. The van der Waals surface area contributed by atoms with E-state index in [9.17, 15) is 18.0 Å². The van der Waals surface area contributed by atoms with Crippen LogP contribution in [0.2, 0.25) is 0 Å². The van der Waals surface area contributed by atoms with Gasteiger partial charge in [0.2, 0.25) is 5.78 Å². The summed E-state index contributed by atoms with van der Waals surface area (Å²) < 4.78 is 39.4. The van der Waals surface area contributed by atoms with Crippen molar-refractivity contribution in [3.8, 4) is 0 Å². The van der Waals surface area contributed by atoms with Gasteiger partial charge < -0.3 is 4.98 Å². The summed E-state index contributed by atoms with van der Waals surface area (Å²) >= 11 is 0. The monoisotopic (exact) mass is 331 g/mol. The number of hydrogen-bond acceptors (Lipinski definition) is 2. The maximum atomic E-state index is 12.7. The number of allylic oxidation sites excluding steroid dienone is 1. The number of halogens is 3. The van der Waals surface area contributed by atoms with E-state index >= 15 is 0 Å². The van der Waals surface area contributed by atoms with Crippen LogP contribution >= 0.6 is 0 Å². The number of hydrogen-bond donors (Lipinski definition) is 1. The van der Waals surface area contributed by atoms with Gasteiger partial charge in [-0.25, -0.2) is 4.98 Å². The molecule has 0 aliphatic heterocycles. The third-order valence-electron chi connectivity index (χ3n) is 4.20. The minimum Gasteiger partial charge on any atom is -0.330 e. The fourth-order valence-corrected chi connectivity index (χ4v) is 2.95. The number of fused-ring (bicyclic) bond motifs is 2. The molecule has 0 saturated heterocycles. The number of alkyl halides is 3. The Hall–Kier alpha value is -2.83. The van der Waals surface area contributed by atoms with E-state index in [4.69, 9.17) is 0 Å². The smallest absolute Gasteiger partial charge is 0.330 e. The van der Waals surface area contributed by atoms with Crippen LogP contribution in [0.25, 0.3) is 17.4 Å². The lowest BCUT2D eigenvalue weighted by Gasteiger charge is -2.16. The molecule has 1 N–H and O–H groups in total. The average molecular weight is 331 g/mol. The SMILES string of the molecule is O=c1c2c(nc3[nH]ccn13)CCC(c1ccc(C(F)(F)F)cc1)=C2. The highest BCUT2D eigenvalue weighted by atomic mass is 19.4. The first-order valence-electron chi connectivity index (χ1n) is 7.40. The van der Waals surface area contributed by atoms with E-state index in [2.05, 4.69) is 9.97 Å². The normalized spacial score (nSPS) is 14.5. The summed E-state index contributed by atoms with van der Waals surface area (Å²) in [6.45, 7) is 0. The number of imidazole rings is 1. The molecule has 0 unspecified atom stereocenters. The summed E-state index contributed by atoms with van der Waals surface area (Å²) in [7, 11) is 0. The molecule has 0 amide bonds. The molecule has 7 heteroatoms. The van der Waals surface area contributed by atoms with Gasteiger partial charge in [-0.2, -0.15) is 13.2 Å². The predicted molar refractivity (Wildman–Crippen MR) is 83.4 cm³/mol. The highest BCUT2D eigenvalue weighted by Crippen LogP contribution is 2.32. The van der Waals surface area contributed by atoms with Crippen LogP contribution in [0, 0.1) is 0 Å². The minimum absolute atomic E-state index is 0.180. The molecule has 24 heavy (non-hydrogen) atoms. The lowest BCUT2D eigenvalue weighted by Crippen LogP contribution is -2.21. The van der Waals surface area contributed by atoms with Crippen molar-refractivity contribution in [3.05, 3.63) is 69.4 Å². The molecule has 1 aliphatic rings. The number of nitrogens with zero attached hydrogens (tertiary/aromatic N) is 2. The lowest BCUT2D eigenvalue weighted by atomic mass is 9.91. The molecule has 0 atom stereocenters. The van der Waals surface area contributed by atoms with Crippen LogP contribution in [-0.2, 0) is 12.6 Å². The summed E-state index contributed by atoms with van der Waals surface area (Å²) in [5, 5.41) is 0. The Morgan fingerprint density at radius 1 is 1.12 bits per heavy atom. The van der Waals surface area contributed by atoms with Gasteiger partial charge >= 0.3 is 6.18 Å². The summed E-state index contributed by atoms with van der Waals surface area (Å²) in [5.41, 5.74) is 1.86. The molecule has 4 rings (SSSR count). The van der Waals surface area contributed by atoms with E-state index in [1.807, 2.05) is 0 Å². The van der Waals surface area contributed by atoms with Crippen LogP contribution in [0.1, 0.15) is 28.8 Å². The van der Waals surface area contributed by atoms with Gasteiger partial charge in [0.25, 0.3) is 5.56 Å². The first kappa shape index (κ1) is 14.7. The standard InChI is InChI=1S/C17H12F3N3O/c18-17(19,20)12-4-1-10(2-5-12)11-3-6-14-13(9-11)15(24)23-8-7-21-16(23)22-14/h1-2,4-5,7-9H,3,6H2,(H,21,22). The van der Waals surface area contributed by atoms with Gasteiger partial charge in [-0.3, -0.25) is 9.20 Å². The van der Waals surface area contributed by atoms with Crippen molar-refractivity contribution in [1.29, 1.82) is 0 Å². The van der Waals surface area contributed by atoms with Gasteiger partial charge in [0.1, 0.15) is 0 Å². The van der Waals surface area contributed by atoms with Crippen molar-refractivity contribution in [2.75, 3.05) is 0 Å². The Labute approximate surface area is 134 Å². The van der Waals surface area contributed by atoms with E-state index in [0.29, 0.717) is 35.4 Å². The van der Waals surface area contributed by atoms with Gasteiger partial charge in [-0.05, 0) is 42.2 Å². The molecule has 1 aliphatic carbocycles. The second-order valence-corrected chi connectivity index (χ2v) is 5.68. The second kappa shape index (κ2) is 5.09. The zero-order chi connectivity index (χ0) is 16.9. The molecule has 0 spiro atoms. The summed E-state index contributed by atoms with van der Waals surface area (Å²) in [6, 6.07) is 5.01. The van der Waals surface area contributed by atoms with Gasteiger partial charge in [-0.15, -0.1) is 0 Å². The van der Waals surface area contributed by atoms with Crippen molar-refractivity contribution in [1.82, 2.24) is 14.4 Å². The number of aromatic amines is 1. The number of benzene rings is 1. The van der Waals surface area contributed by atoms with E-state index < -0.39 is 11.7 Å². The van der Waals surface area contributed by atoms with E-state index in [1.54, 1.807) is 18.5 Å². The van der Waals surface area contributed by atoms with Crippen molar-refractivity contribution in [2.24, 2.45) is 0 Å². The highest BCUT2D eigenvalue weighted by molar-refractivity contribution is 5.84. The maximum absolute atomic E-state index is 12.7. The number of nitrogens with one attached hydrogen (secondary N) is 1. The van der Waals surface area contributed by atoms with Crippen LogP contribution in [0.5, 0.6) is 0 Å². The number of aromatic nitrogens is 3. The topological polar surface area (TPSA) is 50.2 Å². The Morgan fingerprint density at radius 3 is 2.58 bits per heavy atom. The largest absolute Gasteiger partial charge is 0.416 e. The van der Waals surface area contributed by atoms with E-state index in [1.165, 1.54) is 16.5 Å². The highest BCUT2D eigenvalue weighted by Gasteiger charge is 2.30. The number of aryl methyl sites for hydroxylation is 1. The first-order chi connectivity index (χ1) is 11.4. The molecular formula is C17H12F3N3O. The van der Waals surface area contributed by atoms with Crippen LogP contribution in [0.4, 0.5) is 13.2 Å². The Kier molecular flexibility index (Phi) is 3.13. The molecule has 2 aromatic heterocycles. The van der Waals surface area contributed by atoms with Crippen molar-refractivity contribution < 1.29 is 13.2 Å². The Balaban J connectivity index is 1.79. The van der Waals surface area contributed by atoms with Crippen molar-refractivity contribution >= 4 is 17.4 Å². The van der Waals surface area contributed by atoms with E-state index in [0.717, 1.165) is 17.7 Å². The second-order valence-electron chi connectivity index (χ2n) is 5.68. The molecule has 0 saturated carbocycles. The molecule has 0 radical (unpaired) electrons. The molecular weight excluding hydrogens is 319 g/mol. The fraction of sp³-hybridized carbons (Fsp3) is 0.176. The molecule has 0 fully saturated rings. The fourth-order valence-electron chi connectivity index (χ4n) is 2.95. The van der Waals surface area contributed by atoms with Crippen LogP contribution in [0.15, 0.2) is 41.5 Å². The van der Waals surface area contributed by atoms with Gasteiger partial charge in [-0.1, -0.05) is 12.1 Å². The van der Waals surface area contributed by atoms with Crippen LogP contribution in [-0.4, -0.2) is 14.4 Å². The molecule has 3 aromatic rings. The number of rotatable bonds is 1. The molecule has 1 aromatic carbocycles. The summed E-state index contributed by atoms with van der Waals surface area (Å²) in [4.78, 5) is 19.8. The third kappa shape index (κ3) is 2.33. The zero-order valence-electron chi connectivity index (χ0n) is 12.4. The summed E-state index contributed by atoms with van der Waals surface area (Å²) in [5.74, 6) is 0.491. The van der Waals surface area contributed by atoms with Gasteiger partial charge in [0, 0.05) is 12.4 Å². The average Bonchev–Trinajstić information content (AvgIpc) is 3.03. The van der Waals surface area contributed by atoms with Crippen molar-refractivity contribution in [3.63, 3.8) is 0 Å². The number of H-pyrrole nitrogens is 1. The van der Waals surface area contributed by atoms with E-state index in [-0.39, 0.29) is 5.56 Å². The quantitative estimate of drug-likeness (QED) is 0.742. The Morgan fingerprint density at radius 2 is 1.88 bits per heavy atom. The van der Waals surface area contributed by atoms with Crippen LogP contribution in [0.3, 0.4) is 0 Å². The van der Waals surface area contributed by atoms with Crippen molar-refractivity contribution in [2.45, 2.75) is 19.0 Å².